The normalized spacial score (nSPS) is 16.0. The van der Waals surface area contributed by atoms with E-state index in [1.54, 1.807) is 11.9 Å². The van der Waals surface area contributed by atoms with Crippen molar-refractivity contribution < 1.29 is 4.79 Å². The molecule has 116 valence electrons. The lowest BCUT2D eigenvalue weighted by molar-refractivity contribution is -0.128. The lowest BCUT2D eigenvalue weighted by Crippen LogP contribution is -2.39. The minimum atomic E-state index is -0.200. The van der Waals surface area contributed by atoms with Crippen LogP contribution in [0.4, 0.5) is 5.69 Å². The van der Waals surface area contributed by atoms with Crippen LogP contribution in [-0.4, -0.2) is 23.9 Å². The predicted molar refractivity (Wildman–Crippen MR) is 88.1 cm³/mol. The van der Waals surface area contributed by atoms with Gasteiger partial charge in [0, 0.05) is 25.0 Å². The van der Waals surface area contributed by atoms with Gasteiger partial charge in [0.2, 0.25) is 0 Å². The number of hydrogen-bond acceptors (Lipinski definition) is 3. The first-order valence-electron chi connectivity index (χ1n) is 7.82. The van der Waals surface area contributed by atoms with Crippen LogP contribution in [0.15, 0.2) is 36.0 Å². The number of hydrogen-bond donors (Lipinski definition) is 1. The highest BCUT2D eigenvalue weighted by Crippen LogP contribution is 2.22. The van der Waals surface area contributed by atoms with Crippen LogP contribution in [0, 0.1) is 18.3 Å². The number of amides is 1. The van der Waals surface area contributed by atoms with Gasteiger partial charge in [-0.05, 0) is 31.9 Å². The predicted octanol–water partition coefficient (Wildman–Crippen LogP) is 3.61. The summed E-state index contributed by atoms with van der Waals surface area (Å²) in [6.45, 7) is 2.02. The maximum absolute atomic E-state index is 12.4. The molecule has 0 aromatic heterocycles. The van der Waals surface area contributed by atoms with E-state index in [4.69, 9.17) is 0 Å². The fraction of sp³-hybridized carbons (Fsp3) is 0.444. The molecule has 1 aromatic carbocycles. The quantitative estimate of drug-likeness (QED) is 0.682. The van der Waals surface area contributed by atoms with Crippen molar-refractivity contribution in [3.8, 4) is 6.07 Å². The van der Waals surface area contributed by atoms with Crippen molar-refractivity contribution >= 4 is 11.6 Å². The summed E-state index contributed by atoms with van der Waals surface area (Å²) in [5.41, 5.74) is 2.18. The van der Waals surface area contributed by atoms with Gasteiger partial charge in [0.1, 0.15) is 11.6 Å². The average molecular weight is 297 g/mol. The van der Waals surface area contributed by atoms with Gasteiger partial charge in [0.25, 0.3) is 5.91 Å². The second kappa shape index (κ2) is 7.65. The molecule has 1 saturated carbocycles. The molecule has 1 amide bonds. The van der Waals surface area contributed by atoms with Gasteiger partial charge in [-0.1, -0.05) is 37.0 Å². The number of likely N-dealkylation sites (N-methyl/N-ethyl adjacent to an activating group) is 1. The Kier molecular flexibility index (Phi) is 5.60. The number of carbonyl (C=O) groups is 1. The Labute approximate surface area is 132 Å². The maximum Gasteiger partial charge on any atom is 0.266 e. The number of nitrogens with one attached hydrogen (secondary N) is 1. The molecule has 1 fully saturated rings. The molecule has 4 heteroatoms. The SMILES string of the molecule is Cc1ccc(N/C=C(/C#N)C(=O)N(C)C2CCCCC2)cc1. The Hall–Kier alpha value is -2.28. The van der Waals surface area contributed by atoms with Crippen LogP contribution in [0.2, 0.25) is 0 Å². The third kappa shape index (κ3) is 4.11. The largest absolute Gasteiger partial charge is 0.360 e. The zero-order chi connectivity index (χ0) is 15.9. The maximum atomic E-state index is 12.4. The van der Waals surface area contributed by atoms with Crippen molar-refractivity contribution in [2.75, 3.05) is 12.4 Å². The Bertz CT molecular complexity index is 577. The van der Waals surface area contributed by atoms with Crippen LogP contribution >= 0.6 is 0 Å². The lowest BCUT2D eigenvalue weighted by atomic mass is 9.94. The number of anilines is 1. The smallest absolute Gasteiger partial charge is 0.266 e. The number of carbonyl (C=O) groups excluding carboxylic acids is 1. The monoisotopic (exact) mass is 297 g/mol. The fourth-order valence-corrected chi connectivity index (χ4v) is 2.77. The standard InChI is InChI=1S/C18H23N3O/c1-14-8-10-16(11-9-14)20-13-15(12-19)18(22)21(2)17-6-4-3-5-7-17/h8-11,13,17,20H,3-7H2,1-2H3/b15-13-. The van der Waals surface area contributed by atoms with Crippen LogP contribution in [0.5, 0.6) is 0 Å². The van der Waals surface area contributed by atoms with Crippen molar-refractivity contribution in [3.63, 3.8) is 0 Å². The minimum Gasteiger partial charge on any atom is -0.360 e. The Morgan fingerprint density at radius 3 is 2.50 bits per heavy atom. The third-order valence-electron chi connectivity index (χ3n) is 4.23. The van der Waals surface area contributed by atoms with Crippen LogP contribution in [0.1, 0.15) is 37.7 Å². The zero-order valence-corrected chi connectivity index (χ0v) is 13.3. The summed E-state index contributed by atoms with van der Waals surface area (Å²) < 4.78 is 0. The Balaban J connectivity index is 2.03. The molecule has 2 rings (SSSR count). The van der Waals surface area contributed by atoms with Crippen LogP contribution < -0.4 is 5.32 Å². The lowest BCUT2D eigenvalue weighted by Gasteiger charge is -2.31. The van der Waals surface area contributed by atoms with Crippen LogP contribution in [0.25, 0.3) is 0 Å². The molecule has 22 heavy (non-hydrogen) atoms. The molecule has 0 bridgehead atoms. The molecule has 0 saturated heterocycles. The molecule has 0 unspecified atom stereocenters. The number of nitrogens with zero attached hydrogens (tertiary/aromatic N) is 2. The summed E-state index contributed by atoms with van der Waals surface area (Å²) in [6, 6.07) is 10.1. The van der Waals surface area contributed by atoms with E-state index in [9.17, 15) is 10.1 Å². The fourth-order valence-electron chi connectivity index (χ4n) is 2.77. The molecule has 4 nitrogen and oxygen atoms in total. The summed E-state index contributed by atoms with van der Waals surface area (Å²) in [5.74, 6) is -0.200. The molecule has 1 aliphatic rings. The van der Waals surface area contributed by atoms with Crippen molar-refractivity contribution in [2.24, 2.45) is 0 Å². The van der Waals surface area contributed by atoms with Crippen LogP contribution in [0.3, 0.4) is 0 Å². The summed E-state index contributed by atoms with van der Waals surface area (Å²) in [5, 5.41) is 12.3. The zero-order valence-electron chi connectivity index (χ0n) is 13.3. The van der Waals surface area contributed by atoms with Crippen molar-refractivity contribution in [1.29, 1.82) is 5.26 Å². The minimum absolute atomic E-state index is 0.147. The van der Waals surface area contributed by atoms with E-state index in [2.05, 4.69) is 5.32 Å². The number of rotatable bonds is 4. The second-order valence-electron chi connectivity index (χ2n) is 5.89. The first-order chi connectivity index (χ1) is 10.6. The van der Waals surface area contributed by atoms with Gasteiger partial charge in [-0.25, -0.2) is 0 Å². The van der Waals surface area contributed by atoms with E-state index < -0.39 is 0 Å². The highest BCUT2D eigenvalue weighted by molar-refractivity contribution is 5.97. The third-order valence-corrected chi connectivity index (χ3v) is 4.23. The first-order valence-corrected chi connectivity index (χ1v) is 7.82. The summed E-state index contributed by atoms with van der Waals surface area (Å²) in [6.07, 6.45) is 7.14. The van der Waals surface area contributed by atoms with Crippen molar-refractivity contribution in [1.82, 2.24) is 4.90 Å². The van der Waals surface area contributed by atoms with E-state index in [0.717, 1.165) is 31.4 Å². The second-order valence-corrected chi connectivity index (χ2v) is 5.89. The van der Waals surface area contributed by atoms with Gasteiger partial charge in [-0.3, -0.25) is 4.79 Å². The molecule has 1 aromatic rings. The molecular weight excluding hydrogens is 274 g/mol. The summed E-state index contributed by atoms with van der Waals surface area (Å²) >= 11 is 0. The first kappa shape index (κ1) is 16.1. The summed E-state index contributed by atoms with van der Waals surface area (Å²) in [4.78, 5) is 14.2. The van der Waals surface area contributed by atoms with E-state index in [1.165, 1.54) is 18.2 Å². The van der Waals surface area contributed by atoms with Gasteiger partial charge in [0.05, 0.1) is 0 Å². The molecule has 0 radical (unpaired) electrons. The van der Waals surface area contributed by atoms with Gasteiger partial charge in [-0.2, -0.15) is 5.26 Å². The average Bonchev–Trinajstić information content (AvgIpc) is 2.57. The molecule has 0 heterocycles. The van der Waals surface area contributed by atoms with Crippen molar-refractivity contribution in [2.45, 2.75) is 45.1 Å². The molecule has 0 atom stereocenters. The van der Waals surface area contributed by atoms with Crippen molar-refractivity contribution in [3.05, 3.63) is 41.6 Å². The van der Waals surface area contributed by atoms with E-state index in [-0.39, 0.29) is 17.5 Å². The number of benzene rings is 1. The topological polar surface area (TPSA) is 56.1 Å². The van der Waals surface area contributed by atoms with Gasteiger partial charge < -0.3 is 10.2 Å². The number of nitriles is 1. The molecule has 0 spiro atoms. The van der Waals surface area contributed by atoms with Gasteiger partial charge in [-0.15, -0.1) is 0 Å². The number of aryl methyl sites for hydroxylation is 1. The van der Waals surface area contributed by atoms with E-state index in [1.807, 2.05) is 37.3 Å². The Morgan fingerprint density at radius 2 is 1.91 bits per heavy atom. The Morgan fingerprint density at radius 1 is 1.27 bits per heavy atom. The molecule has 0 aliphatic heterocycles. The molecule has 1 aliphatic carbocycles. The van der Waals surface area contributed by atoms with Gasteiger partial charge >= 0.3 is 0 Å². The van der Waals surface area contributed by atoms with E-state index >= 15 is 0 Å². The van der Waals surface area contributed by atoms with Gasteiger partial charge in [0.15, 0.2) is 0 Å². The molecular formula is C18H23N3O. The summed E-state index contributed by atoms with van der Waals surface area (Å²) in [7, 11) is 1.80. The van der Waals surface area contributed by atoms with Crippen LogP contribution in [-0.2, 0) is 4.79 Å². The highest BCUT2D eigenvalue weighted by Gasteiger charge is 2.24. The van der Waals surface area contributed by atoms with E-state index in [0.29, 0.717) is 0 Å². The highest BCUT2D eigenvalue weighted by atomic mass is 16.2. The molecule has 1 N–H and O–H groups in total.